The molecule has 0 saturated carbocycles. The Bertz CT molecular complexity index is 735. The molecule has 2 aromatic rings. The molecule has 0 amide bonds. The van der Waals surface area contributed by atoms with Crippen molar-refractivity contribution in [3.63, 3.8) is 0 Å². The third-order valence-electron chi connectivity index (χ3n) is 4.26. The second kappa shape index (κ2) is 10.4. The highest BCUT2D eigenvalue weighted by Crippen LogP contribution is 2.32. The highest BCUT2D eigenvalue weighted by Gasteiger charge is 2.13. The lowest BCUT2D eigenvalue weighted by Crippen LogP contribution is -2.37. The van der Waals surface area contributed by atoms with E-state index in [1.807, 2.05) is 24.3 Å². The van der Waals surface area contributed by atoms with Crippen LogP contribution in [0.2, 0.25) is 0 Å². The quantitative estimate of drug-likeness (QED) is 0.404. The predicted octanol–water partition coefficient (Wildman–Crippen LogP) is 2.73. The average Bonchev–Trinajstić information content (AvgIpc) is 3.18. The Hall–Kier alpha value is -2.73. The van der Waals surface area contributed by atoms with Gasteiger partial charge >= 0.3 is 0 Å². The van der Waals surface area contributed by atoms with E-state index in [2.05, 4.69) is 39.9 Å². The topological polar surface area (TPSA) is 64.1 Å². The predicted molar refractivity (Wildman–Crippen MR) is 106 cm³/mol. The normalized spacial score (nSPS) is 12.9. The fraction of sp³-hybridized carbons (Fsp3) is 0.381. The molecule has 0 spiro atoms. The maximum Gasteiger partial charge on any atom is 0.231 e. The Kier molecular flexibility index (Phi) is 7.35. The zero-order chi connectivity index (χ0) is 18.7. The number of rotatable bonds is 9. The van der Waals surface area contributed by atoms with Crippen LogP contribution < -0.4 is 20.1 Å². The maximum absolute atomic E-state index is 5.70. The van der Waals surface area contributed by atoms with E-state index in [1.54, 1.807) is 7.05 Å². The van der Waals surface area contributed by atoms with E-state index < -0.39 is 0 Å². The van der Waals surface area contributed by atoms with Crippen LogP contribution in [0.1, 0.15) is 17.5 Å². The van der Waals surface area contributed by atoms with Crippen molar-refractivity contribution in [2.45, 2.75) is 19.4 Å². The molecule has 0 bridgehead atoms. The van der Waals surface area contributed by atoms with Crippen molar-refractivity contribution >= 4 is 5.96 Å². The fourth-order valence-corrected chi connectivity index (χ4v) is 2.78. The van der Waals surface area contributed by atoms with E-state index in [9.17, 15) is 0 Å². The van der Waals surface area contributed by atoms with Crippen LogP contribution in [-0.2, 0) is 17.7 Å². The molecule has 0 radical (unpaired) electrons. The number of nitrogens with one attached hydrogen (secondary N) is 2. The van der Waals surface area contributed by atoms with Gasteiger partial charge in [-0.15, -0.1) is 0 Å². The van der Waals surface area contributed by atoms with Crippen molar-refractivity contribution in [3.05, 3.63) is 59.7 Å². The van der Waals surface area contributed by atoms with Crippen LogP contribution in [0.3, 0.4) is 0 Å². The van der Waals surface area contributed by atoms with Crippen molar-refractivity contribution in [1.82, 2.24) is 10.6 Å². The molecule has 1 heterocycles. The standard InChI is InChI=1S/C21H27N3O3/c1-22-21(24-15-18-8-9-19-20(14-18)27-16-26-19)23-11-5-12-25-13-10-17-6-3-2-4-7-17/h2-4,6-9,14H,5,10-13,15-16H2,1H3,(H2,22,23,24). The van der Waals surface area contributed by atoms with Gasteiger partial charge in [-0.05, 0) is 36.1 Å². The second-order valence-corrected chi connectivity index (χ2v) is 6.24. The third-order valence-corrected chi connectivity index (χ3v) is 4.26. The Morgan fingerprint density at radius 3 is 2.70 bits per heavy atom. The molecular formula is C21H27N3O3. The fourth-order valence-electron chi connectivity index (χ4n) is 2.78. The van der Waals surface area contributed by atoms with Gasteiger partial charge in [-0.2, -0.15) is 0 Å². The molecule has 0 aromatic heterocycles. The minimum atomic E-state index is 0.295. The minimum absolute atomic E-state index is 0.295. The first-order valence-corrected chi connectivity index (χ1v) is 9.30. The van der Waals surface area contributed by atoms with Gasteiger partial charge in [0.05, 0.1) is 6.61 Å². The molecule has 0 fully saturated rings. The van der Waals surface area contributed by atoms with Gasteiger partial charge in [-0.3, -0.25) is 4.99 Å². The highest BCUT2D eigenvalue weighted by molar-refractivity contribution is 5.79. The zero-order valence-corrected chi connectivity index (χ0v) is 15.7. The lowest BCUT2D eigenvalue weighted by atomic mass is 10.2. The summed E-state index contributed by atoms with van der Waals surface area (Å²) in [5, 5.41) is 6.61. The molecule has 0 aliphatic carbocycles. The molecule has 27 heavy (non-hydrogen) atoms. The molecule has 0 atom stereocenters. The first-order valence-electron chi connectivity index (χ1n) is 9.30. The summed E-state index contributed by atoms with van der Waals surface area (Å²) in [6.07, 6.45) is 1.88. The van der Waals surface area contributed by atoms with E-state index in [-0.39, 0.29) is 0 Å². The molecule has 0 saturated heterocycles. The number of nitrogens with zero attached hydrogens (tertiary/aromatic N) is 1. The zero-order valence-electron chi connectivity index (χ0n) is 15.7. The smallest absolute Gasteiger partial charge is 0.231 e. The Balaban J connectivity index is 1.27. The number of aliphatic imine (C=N–C) groups is 1. The van der Waals surface area contributed by atoms with Gasteiger partial charge in [-0.25, -0.2) is 0 Å². The Labute approximate surface area is 160 Å². The number of benzene rings is 2. The molecular weight excluding hydrogens is 342 g/mol. The van der Waals surface area contributed by atoms with Crippen molar-refractivity contribution in [2.75, 3.05) is 33.6 Å². The maximum atomic E-state index is 5.70. The highest BCUT2D eigenvalue weighted by atomic mass is 16.7. The van der Waals surface area contributed by atoms with Crippen LogP contribution in [0.5, 0.6) is 11.5 Å². The van der Waals surface area contributed by atoms with Crippen LogP contribution in [0.15, 0.2) is 53.5 Å². The van der Waals surface area contributed by atoms with Gasteiger partial charge < -0.3 is 24.8 Å². The molecule has 1 aliphatic heterocycles. The Morgan fingerprint density at radius 2 is 1.85 bits per heavy atom. The molecule has 6 heteroatoms. The molecule has 2 aromatic carbocycles. The van der Waals surface area contributed by atoms with Gasteiger partial charge in [0.25, 0.3) is 0 Å². The summed E-state index contributed by atoms with van der Waals surface area (Å²) in [6.45, 7) is 3.26. The van der Waals surface area contributed by atoms with Crippen molar-refractivity contribution in [1.29, 1.82) is 0 Å². The number of ether oxygens (including phenoxy) is 3. The lowest BCUT2D eigenvalue weighted by Gasteiger charge is -2.12. The number of guanidine groups is 1. The molecule has 0 unspecified atom stereocenters. The minimum Gasteiger partial charge on any atom is -0.454 e. The number of hydrogen-bond donors (Lipinski definition) is 2. The summed E-state index contributed by atoms with van der Waals surface area (Å²) in [6, 6.07) is 16.3. The van der Waals surface area contributed by atoms with Crippen molar-refractivity contribution in [2.24, 2.45) is 4.99 Å². The van der Waals surface area contributed by atoms with Gasteiger partial charge in [0.2, 0.25) is 6.79 Å². The summed E-state index contributed by atoms with van der Waals surface area (Å²) in [5.74, 6) is 2.37. The van der Waals surface area contributed by atoms with E-state index in [0.717, 1.165) is 55.6 Å². The van der Waals surface area contributed by atoms with Crippen LogP contribution in [-0.4, -0.2) is 39.6 Å². The summed E-state index contributed by atoms with van der Waals surface area (Å²) in [5.41, 5.74) is 2.43. The number of fused-ring (bicyclic) bond motifs is 1. The summed E-state index contributed by atoms with van der Waals surface area (Å²) < 4.78 is 16.4. The monoisotopic (exact) mass is 369 g/mol. The van der Waals surface area contributed by atoms with Gasteiger partial charge in [0, 0.05) is 26.7 Å². The van der Waals surface area contributed by atoms with Crippen molar-refractivity contribution in [3.8, 4) is 11.5 Å². The third kappa shape index (κ3) is 6.18. The largest absolute Gasteiger partial charge is 0.454 e. The van der Waals surface area contributed by atoms with Crippen LogP contribution in [0.4, 0.5) is 0 Å². The molecule has 6 nitrogen and oxygen atoms in total. The summed E-state index contributed by atoms with van der Waals surface area (Å²) in [7, 11) is 1.77. The first-order chi connectivity index (χ1) is 13.3. The van der Waals surface area contributed by atoms with E-state index in [0.29, 0.717) is 13.3 Å². The average molecular weight is 369 g/mol. The summed E-state index contributed by atoms with van der Waals surface area (Å²) in [4.78, 5) is 4.25. The van der Waals surface area contributed by atoms with E-state index in [1.165, 1.54) is 5.56 Å². The molecule has 144 valence electrons. The van der Waals surface area contributed by atoms with Crippen LogP contribution in [0.25, 0.3) is 0 Å². The first kappa shape index (κ1) is 19.0. The lowest BCUT2D eigenvalue weighted by molar-refractivity contribution is 0.135. The molecule has 2 N–H and O–H groups in total. The van der Waals surface area contributed by atoms with E-state index >= 15 is 0 Å². The summed E-state index contributed by atoms with van der Waals surface area (Å²) >= 11 is 0. The second-order valence-electron chi connectivity index (χ2n) is 6.24. The van der Waals surface area contributed by atoms with Gasteiger partial charge in [-0.1, -0.05) is 36.4 Å². The van der Waals surface area contributed by atoms with Gasteiger partial charge in [0.15, 0.2) is 17.5 Å². The number of hydrogen-bond acceptors (Lipinski definition) is 4. The van der Waals surface area contributed by atoms with Crippen molar-refractivity contribution < 1.29 is 14.2 Å². The molecule has 3 rings (SSSR count). The SMILES string of the molecule is CN=C(NCCCOCCc1ccccc1)NCc1ccc2c(c1)OCO2. The Morgan fingerprint density at radius 1 is 1.00 bits per heavy atom. The van der Waals surface area contributed by atoms with Crippen LogP contribution >= 0.6 is 0 Å². The van der Waals surface area contributed by atoms with Gasteiger partial charge in [0.1, 0.15) is 0 Å². The van der Waals surface area contributed by atoms with Crippen LogP contribution in [0, 0.1) is 0 Å². The van der Waals surface area contributed by atoms with E-state index in [4.69, 9.17) is 14.2 Å². The molecule has 1 aliphatic rings.